The Bertz CT molecular complexity index is 1100. The maximum atomic E-state index is 9.55. The lowest BCUT2D eigenvalue weighted by molar-refractivity contribution is -0.134. The molecule has 0 unspecified atom stereocenters. The molecule has 0 amide bonds. The predicted molar refractivity (Wildman–Crippen MR) is 123 cm³/mol. The van der Waals surface area contributed by atoms with Crippen LogP contribution >= 0.6 is 0 Å². The van der Waals surface area contributed by atoms with Crippen molar-refractivity contribution in [3.8, 4) is 11.6 Å². The number of fused-ring (bicyclic) bond motifs is 1. The molecule has 2 heterocycles. The fourth-order valence-corrected chi connectivity index (χ4v) is 3.33. The van der Waals surface area contributed by atoms with Crippen molar-refractivity contribution in [2.45, 2.75) is 6.92 Å². The highest BCUT2D eigenvalue weighted by Gasteiger charge is 2.11. The molecule has 0 spiro atoms. The Balaban J connectivity index is 0.000000331. The van der Waals surface area contributed by atoms with Gasteiger partial charge in [-0.15, -0.1) is 5.10 Å². The molecule has 1 aliphatic rings. The van der Waals surface area contributed by atoms with Gasteiger partial charge in [-0.05, 0) is 29.8 Å². The van der Waals surface area contributed by atoms with Crippen LogP contribution in [0.15, 0.2) is 60.7 Å². The molecule has 1 fully saturated rings. The van der Waals surface area contributed by atoms with Gasteiger partial charge in [-0.1, -0.05) is 30.3 Å². The SMILES string of the molecule is Cc1cc(OCCN2CCOCC2)nn1-c1ccc2ccccc2c1.O=C(O)/C=C\C(=O)O. The summed E-state index contributed by atoms with van der Waals surface area (Å²) in [5.74, 6) is -1.83. The molecule has 0 atom stereocenters. The number of morpholine rings is 1. The highest BCUT2D eigenvalue weighted by molar-refractivity contribution is 5.89. The van der Waals surface area contributed by atoms with Gasteiger partial charge >= 0.3 is 11.9 Å². The van der Waals surface area contributed by atoms with Crippen LogP contribution in [0, 0.1) is 6.92 Å². The van der Waals surface area contributed by atoms with Gasteiger partial charge in [-0.25, -0.2) is 14.3 Å². The number of hydrogen-bond donors (Lipinski definition) is 2. The van der Waals surface area contributed by atoms with E-state index in [0.29, 0.717) is 24.6 Å². The van der Waals surface area contributed by atoms with Crippen molar-refractivity contribution in [2.75, 3.05) is 39.5 Å². The monoisotopic (exact) mass is 453 g/mol. The summed E-state index contributed by atoms with van der Waals surface area (Å²) < 4.78 is 13.2. The van der Waals surface area contributed by atoms with Crippen LogP contribution in [-0.2, 0) is 14.3 Å². The first-order valence-electron chi connectivity index (χ1n) is 10.5. The van der Waals surface area contributed by atoms with Gasteiger partial charge in [0, 0.05) is 43.5 Å². The second kappa shape index (κ2) is 11.8. The molecule has 1 aliphatic heterocycles. The Morgan fingerprint density at radius 2 is 1.70 bits per heavy atom. The van der Waals surface area contributed by atoms with Crippen molar-refractivity contribution < 1.29 is 29.3 Å². The van der Waals surface area contributed by atoms with E-state index in [9.17, 15) is 9.59 Å². The molecule has 0 radical (unpaired) electrons. The smallest absolute Gasteiger partial charge is 0.328 e. The Morgan fingerprint density at radius 1 is 1.03 bits per heavy atom. The highest BCUT2D eigenvalue weighted by Crippen LogP contribution is 2.21. The lowest BCUT2D eigenvalue weighted by Gasteiger charge is -2.26. The van der Waals surface area contributed by atoms with Crippen molar-refractivity contribution in [2.24, 2.45) is 0 Å². The Morgan fingerprint density at radius 3 is 2.36 bits per heavy atom. The number of carboxylic acids is 2. The summed E-state index contributed by atoms with van der Waals surface area (Å²) in [4.78, 5) is 21.5. The van der Waals surface area contributed by atoms with Crippen LogP contribution in [0.25, 0.3) is 16.5 Å². The maximum absolute atomic E-state index is 9.55. The number of rotatable bonds is 7. The number of aryl methyl sites for hydroxylation is 1. The van der Waals surface area contributed by atoms with Crippen molar-refractivity contribution >= 4 is 22.7 Å². The van der Waals surface area contributed by atoms with E-state index in [4.69, 9.17) is 19.7 Å². The number of aliphatic carboxylic acids is 2. The minimum absolute atomic E-state index is 0.558. The van der Waals surface area contributed by atoms with Gasteiger partial charge in [0.05, 0.1) is 18.9 Å². The molecule has 4 rings (SSSR count). The molecule has 33 heavy (non-hydrogen) atoms. The van der Waals surface area contributed by atoms with Crippen molar-refractivity contribution in [3.63, 3.8) is 0 Å². The quantitative estimate of drug-likeness (QED) is 0.525. The standard InChI is InChI=1S/C20H23N3O2.C4H4O4/c1-16-14-20(25-13-10-22-8-11-24-12-9-22)21-23(16)19-7-6-17-4-2-3-5-18(17)15-19;5-3(6)1-2-4(7)8/h2-7,14-15H,8-13H2,1H3;1-2H,(H,5,6)(H,7,8)/b;2-1-. The lowest BCUT2D eigenvalue weighted by atomic mass is 10.1. The molecule has 1 saturated heterocycles. The van der Waals surface area contributed by atoms with E-state index in [0.717, 1.165) is 44.2 Å². The third kappa shape index (κ3) is 7.44. The summed E-state index contributed by atoms with van der Waals surface area (Å²) in [5, 5.41) is 22.7. The zero-order valence-electron chi connectivity index (χ0n) is 18.4. The summed E-state index contributed by atoms with van der Waals surface area (Å²) in [6, 6.07) is 16.7. The number of ether oxygens (including phenoxy) is 2. The zero-order chi connectivity index (χ0) is 23.6. The van der Waals surface area contributed by atoms with E-state index < -0.39 is 11.9 Å². The second-order valence-corrected chi connectivity index (χ2v) is 7.38. The third-order valence-corrected chi connectivity index (χ3v) is 4.97. The van der Waals surface area contributed by atoms with Crippen LogP contribution in [0.1, 0.15) is 5.69 Å². The Labute approximate surface area is 191 Å². The molecule has 0 bridgehead atoms. The molecule has 9 heteroatoms. The minimum Gasteiger partial charge on any atom is -0.478 e. The summed E-state index contributed by atoms with van der Waals surface area (Å²) in [7, 11) is 0. The molecule has 1 aromatic heterocycles. The van der Waals surface area contributed by atoms with Gasteiger partial charge < -0.3 is 19.7 Å². The van der Waals surface area contributed by atoms with E-state index in [1.807, 2.05) is 10.7 Å². The molecule has 3 aromatic rings. The molecular formula is C24H27N3O6. The summed E-state index contributed by atoms with van der Waals surface area (Å²) in [6.07, 6.45) is 1.12. The number of carbonyl (C=O) groups is 2. The fraction of sp³-hybridized carbons (Fsp3) is 0.292. The van der Waals surface area contributed by atoms with Gasteiger partial charge in [0.1, 0.15) is 6.61 Å². The number of benzene rings is 2. The van der Waals surface area contributed by atoms with Gasteiger partial charge in [-0.2, -0.15) is 0 Å². The third-order valence-electron chi connectivity index (χ3n) is 4.97. The lowest BCUT2D eigenvalue weighted by Crippen LogP contribution is -2.38. The van der Waals surface area contributed by atoms with Crippen LogP contribution in [0.2, 0.25) is 0 Å². The minimum atomic E-state index is -1.26. The largest absolute Gasteiger partial charge is 0.478 e. The van der Waals surface area contributed by atoms with Gasteiger partial charge in [0.15, 0.2) is 0 Å². The number of nitrogens with zero attached hydrogens (tertiary/aromatic N) is 3. The van der Waals surface area contributed by atoms with Crippen molar-refractivity contribution in [1.29, 1.82) is 0 Å². The first kappa shape index (κ1) is 24.0. The molecule has 0 aliphatic carbocycles. The van der Waals surface area contributed by atoms with Crippen LogP contribution < -0.4 is 4.74 Å². The predicted octanol–water partition coefficient (Wildman–Crippen LogP) is 2.76. The van der Waals surface area contributed by atoms with E-state index in [-0.39, 0.29) is 0 Å². The summed E-state index contributed by atoms with van der Waals surface area (Å²) >= 11 is 0. The number of carboxylic acid groups (broad SMARTS) is 2. The Kier molecular flexibility index (Phi) is 8.56. The first-order chi connectivity index (χ1) is 15.9. The van der Waals surface area contributed by atoms with Crippen LogP contribution in [-0.4, -0.2) is 76.3 Å². The average molecular weight is 453 g/mol. The second-order valence-electron chi connectivity index (χ2n) is 7.38. The fourth-order valence-electron chi connectivity index (χ4n) is 3.33. The van der Waals surface area contributed by atoms with Crippen molar-refractivity contribution in [3.05, 3.63) is 66.4 Å². The van der Waals surface area contributed by atoms with Crippen molar-refractivity contribution in [1.82, 2.24) is 14.7 Å². The summed E-state index contributed by atoms with van der Waals surface area (Å²) in [6.45, 7) is 7.20. The normalized spacial score (nSPS) is 14.1. The molecular weight excluding hydrogens is 426 g/mol. The summed E-state index contributed by atoms with van der Waals surface area (Å²) in [5.41, 5.74) is 2.12. The topological polar surface area (TPSA) is 114 Å². The van der Waals surface area contributed by atoms with E-state index >= 15 is 0 Å². The van der Waals surface area contributed by atoms with Gasteiger partial charge in [-0.3, -0.25) is 4.90 Å². The van der Waals surface area contributed by atoms with Gasteiger partial charge in [0.2, 0.25) is 5.88 Å². The van der Waals surface area contributed by atoms with Crippen LogP contribution in [0.5, 0.6) is 5.88 Å². The molecule has 9 nitrogen and oxygen atoms in total. The van der Waals surface area contributed by atoms with Crippen LogP contribution in [0.3, 0.4) is 0 Å². The van der Waals surface area contributed by atoms with E-state index in [1.54, 1.807) is 0 Å². The van der Waals surface area contributed by atoms with Crippen LogP contribution in [0.4, 0.5) is 0 Å². The highest BCUT2D eigenvalue weighted by atomic mass is 16.5. The van der Waals surface area contributed by atoms with Gasteiger partial charge in [0.25, 0.3) is 0 Å². The van der Waals surface area contributed by atoms with E-state index in [1.165, 1.54) is 10.8 Å². The maximum Gasteiger partial charge on any atom is 0.328 e. The number of hydrogen-bond acceptors (Lipinski definition) is 6. The molecule has 174 valence electrons. The number of aromatic nitrogens is 2. The zero-order valence-corrected chi connectivity index (χ0v) is 18.4. The molecule has 0 saturated carbocycles. The Hall–Kier alpha value is -3.69. The first-order valence-corrected chi connectivity index (χ1v) is 10.5. The molecule has 2 aromatic carbocycles. The van der Waals surface area contributed by atoms with E-state index in [2.05, 4.69) is 59.4 Å². The molecule has 2 N–H and O–H groups in total. The average Bonchev–Trinajstić information content (AvgIpc) is 3.19.